The Hall–Kier alpha value is -2.93. The molecule has 0 N–H and O–H groups in total. The SMILES string of the molecule is Cc1cccc(-n2ccnc2S(=O)(=O)[C@@H](C)C(=O)N2c3ccccc3C[C@@H]2C)c1. The topological polar surface area (TPSA) is 72.3 Å². The molecule has 0 saturated heterocycles. The number of fused-ring (bicyclic) bond motifs is 1. The number of benzene rings is 2. The fourth-order valence-corrected chi connectivity index (χ4v) is 5.21. The van der Waals surface area contributed by atoms with Crippen LogP contribution >= 0.6 is 0 Å². The zero-order chi connectivity index (χ0) is 20.8. The van der Waals surface area contributed by atoms with Gasteiger partial charge in [-0.2, -0.15) is 0 Å². The van der Waals surface area contributed by atoms with Crippen molar-refractivity contribution >= 4 is 21.4 Å². The molecule has 1 aliphatic heterocycles. The minimum absolute atomic E-state index is 0.0888. The highest BCUT2D eigenvalue weighted by molar-refractivity contribution is 7.92. The summed E-state index contributed by atoms with van der Waals surface area (Å²) in [5, 5.41) is -1.37. The van der Waals surface area contributed by atoms with E-state index in [0.717, 1.165) is 16.8 Å². The van der Waals surface area contributed by atoms with Gasteiger partial charge in [0.15, 0.2) is 0 Å². The molecule has 2 heterocycles. The second-order valence-electron chi connectivity index (χ2n) is 7.50. The maximum atomic E-state index is 13.4. The molecule has 0 saturated carbocycles. The second-order valence-corrected chi connectivity index (χ2v) is 9.66. The molecule has 0 aliphatic carbocycles. The lowest BCUT2D eigenvalue weighted by atomic mass is 10.1. The molecule has 0 spiro atoms. The summed E-state index contributed by atoms with van der Waals surface area (Å²) in [5.41, 5.74) is 3.54. The van der Waals surface area contributed by atoms with Crippen molar-refractivity contribution in [2.24, 2.45) is 0 Å². The Morgan fingerprint density at radius 2 is 1.93 bits per heavy atom. The summed E-state index contributed by atoms with van der Waals surface area (Å²) in [6.07, 6.45) is 3.76. The summed E-state index contributed by atoms with van der Waals surface area (Å²) in [4.78, 5) is 19.0. The van der Waals surface area contributed by atoms with Gasteiger partial charge in [-0.15, -0.1) is 0 Å². The lowest BCUT2D eigenvalue weighted by Crippen LogP contribution is -2.45. The molecule has 1 aliphatic rings. The average Bonchev–Trinajstić information content (AvgIpc) is 3.31. The van der Waals surface area contributed by atoms with Crippen LogP contribution in [0.1, 0.15) is 25.0 Å². The lowest BCUT2D eigenvalue weighted by Gasteiger charge is -2.26. The van der Waals surface area contributed by atoms with Crippen LogP contribution in [0, 0.1) is 6.92 Å². The zero-order valence-electron chi connectivity index (χ0n) is 16.6. The standard InChI is InChI=1S/C22H23N3O3S/c1-15-7-6-9-19(13-15)24-12-11-23-22(24)29(27,28)17(3)21(26)25-16(2)14-18-8-4-5-10-20(18)25/h4-13,16-17H,14H2,1-3H3/t16-,17-/m0/s1. The smallest absolute Gasteiger partial charge is 0.245 e. The molecule has 1 amide bonds. The van der Waals surface area contributed by atoms with Crippen molar-refractivity contribution in [1.29, 1.82) is 0 Å². The van der Waals surface area contributed by atoms with Gasteiger partial charge in [-0.05, 0) is 56.5 Å². The summed E-state index contributed by atoms with van der Waals surface area (Å²) >= 11 is 0. The fraction of sp³-hybridized carbons (Fsp3) is 0.273. The van der Waals surface area contributed by atoms with Crippen LogP contribution in [0.25, 0.3) is 5.69 Å². The fourth-order valence-electron chi connectivity index (χ4n) is 3.86. The van der Waals surface area contributed by atoms with Crippen LogP contribution in [0.4, 0.5) is 5.69 Å². The Morgan fingerprint density at radius 1 is 1.17 bits per heavy atom. The number of imidazole rings is 1. The monoisotopic (exact) mass is 409 g/mol. The van der Waals surface area contributed by atoms with Crippen LogP contribution < -0.4 is 4.90 Å². The molecule has 2 atom stereocenters. The van der Waals surface area contributed by atoms with Crippen molar-refractivity contribution < 1.29 is 13.2 Å². The average molecular weight is 410 g/mol. The van der Waals surface area contributed by atoms with Crippen molar-refractivity contribution in [1.82, 2.24) is 9.55 Å². The number of anilines is 1. The van der Waals surface area contributed by atoms with Crippen molar-refractivity contribution in [3.8, 4) is 5.69 Å². The molecule has 0 radical (unpaired) electrons. The molecule has 0 bridgehead atoms. The maximum absolute atomic E-state index is 13.4. The van der Waals surface area contributed by atoms with Gasteiger partial charge in [-0.1, -0.05) is 30.3 Å². The summed E-state index contributed by atoms with van der Waals surface area (Å²) in [5.74, 6) is -0.429. The maximum Gasteiger partial charge on any atom is 0.245 e. The first-order valence-electron chi connectivity index (χ1n) is 9.56. The molecule has 1 aromatic heterocycles. The molecule has 0 fully saturated rings. The predicted octanol–water partition coefficient (Wildman–Crippen LogP) is 3.32. The number of para-hydroxylation sites is 1. The van der Waals surface area contributed by atoms with E-state index in [-0.39, 0.29) is 11.2 Å². The number of aryl methyl sites for hydroxylation is 1. The van der Waals surface area contributed by atoms with Crippen LogP contribution in [0.5, 0.6) is 0 Å². The van der Waals surface area contributed by atoms with E-state index >= 15 is 0 Å². The number of amides is 1. The summed E-state index contributed by atoms with van der Waals surface area (Å²) in [6.45, 7) is 5.32. The first-order chi connectivity index (χ1) is 13.8. The van der Waals surface area contributed by atoms with Crippen LogP contribution in [0.2, 0.25) is 0 Å². The number of nitrogens with zero attached hydrogens (tertiary/aromatic N) is 3. The van der Waals surface area contributed by atoms with Gasteiger partial charge in [0.1, 0.15) is 5.25 Å². The molecule has 0 unspecified atom stereocenters. The van der Waals surface area contributed by atoms with Gasteiger partial charge < -0.3 is 4.90 Å². The Bertz CT molecular complexity index is 1180. The van der Waals surface area contributed by atoms with E-state index in [9.17, 15) is 13.2 Å². The van der Waals surface area contributed by atoms with Gasteiger partial charge in [0.2, 0.25) is 20.9 Å². The van der Waals surface area contributed by atoms with Gasteiger partial charge >= 0.3 is 0 Å². The van der Waals surface area contributed by atoms with E-state index in [0.29, 0.717) is 12.1 Å². The lowest BCUT2D eigenvalue weighted by molar-refractivity contribution is -0.118. The summed E-state index contributed by atoms with van der Waals surface area (Å²) in [7, 11) is -3.99. The largest absolute Gasteiger partial charge is 0.308 e. The van der Waals surface area contributed by atoms with Crippen LogP contribution in [0.3, 0.4) is 0 Å². The molecule has 29 heavy (non-hydrogen) atoms. The number of sulfone groups is 1. The Balaban J connectivity index is 1.71. The molecule has 3 aromatic rings. The Kier molecular flexibility index (Phi) is 4.78. The number of carbonyl (C=O) groups is 1. The third kappa shape index (κ3) is 3.25. The Labute approximate surface area is 170 Å². The normalized spacial score (nSPS) is 17.2. The summed E-state index contributed by atoms with van der Waals surface area (Å²) in [6, 6.07) is 15.0. The van der Waals surface area contributed by atoms with Crippen molar-refractivity contribution in [2.75, 3.05) is 4.90 Å². The third-order valence-corrected chi connectivity index (χ3v) is 7.34. The number of rotatable bonds is 4. The number of hydrogen-bond donors (Lipinski definition) is 0. The molecule has 2 aromatic carbocycles. The van der Waals surface area contributed by atoms with E-state index in [4.69, 9.17) is 0 Å². The first-order valence-corrected chi connectivity index (χ1v) is 11.1. The molecule has 7 heteroatoms. The number of carbonyl (C=O) groups excluding carboxylic acids is 1. The van der Waals surface area contributed by atoms with E-state index < -0.39 is 21.0 Å². The minimum atomic E-state index is -3.99. The van der Waals surface area contributed by atoms with Gasteiger partial charge in [0.05, 0.1) is 0 Å². The molecular formula is C22H23N3O3S. The number of hydrogen-bond acceptors (Lipinski definition) is 4. The highest BCUT2D eigenvalue weighted by Gasteiger charge is 2.40. The van der Waals surface area contributed by atoms with Gasteiger partial charge in [0, 0.05) is 29.8 Å². The predicted molar refractivity (Wildman–Crippen MR) is 112 cm³/mol. The van der Waals surface area contributed by atoms with Crippen LogP contribution in [-0.4, -0.2) is 35.2 Å². The quantitative estimate of drug-likeness (QED) is 0.663. The molecule has 150 valence electrons. The summed E-state index contributed by atoms with van der Waals surface area (Å²) < 4.78 is 28.2. The highest BCUT2D eigenvalue weighted by Crippen LogP contribution is 2.33. The molecule has 6 nitrogen and oxygen atoms in total. The Morgan fingerprint density at radius 3 is 2.69 bits per heavy atom. The van der Waals surface area contributed by atoms with E-state index in [2.05, 4.69) is 4.98 Å². The van der Waals surface area contributed by atoms with Gasteiger partial charge in [0.25, 0.3) is 0 Å². The van der Waals surface area contributed by atoms with E-state index in [1.807, 2.05) is 62.4 Å². The third-order valence-electron chi connectivity index (χ3n) is 5.40. The second kappa shape index (κ2) is 7.15. The van der Waals surface area contributed by atoms with Crippen LogP contribution in [0.15, 0.2) is 66.1 Å². The van der Waals surface area contributed by atoms with E-state index in [1.165, 1.54) is 17.7 Å². The van der Waals surface area contributed by atoms with Crippen molar-refractivity contribution in [3.63, 3.8) is 0 Å². The van der Waals surface area contributed by atoms with Crippen molar-refractivity contribution in [3.05, 3.63) is 72.1 Å². The number of aromatic nitrogens is 2. The zero-order valence-corrected chi connectivity index (χ0v) is 17.4. The van der Waals surface area contributed by atoms with Gasteiger partial charge in [-0.25, -0.2) is 13.4 Å². The first kappa shape index (κ1) is 19.4. The highest BCUT2D eigenvalue weighted by atomic mass is 32.2. The van der Waals surface area contributed by atoms with Crippen LogP contribution in [-0.2, 0) is 21.1 Å². The van der Waals surface area contributed by atoms with Gasteiger partial charge in [-0.3, -0.25) is 9.36 Å². The minimum Gasteiger partial charge on any atom is -0.308 e. The van der Waals surface area contributed by atoms with Crippen molar-refractivity contribution in [2.45, 2.75) is 43.6 Å². The molecule has 4 rings (SSSR count). The van der Waals surface area contributed by atoms with E-state index in [1.54, 1.807) is 11.1 Å². The molecular weight excluding hydrogens is 386 g/mol.